The van der Waals surface area contributed by atoms with Gasteiger partial charge in [0.1, 0.15) is 5.75 Å². The normalized spacial score (nSPS) is 10.6. The first-order valence-corrected chi connectivity index (χ1v) is 5.84. The number of rotatable bonds is 4. The number of ether oxygens (including phenoxy) is 2. The maximum absolute atomic E-state index is 11.2. The summed E-state index contributed by atoms with van der Waals surface area (Å²) < 4.78 is 12.0. The summed E-state index contributed by atoms with van der Waals surface area (Å²) in [6.07, 6.45) is 3.12. The molecule has 0 aliphatic heterocycles. The second kappa shape index (κ2) is 5.12. The monoisotopic (exact) mass is 247 g/mol. The largest absolute Gasteiger partial charge is 0.497 e. The summed E-state index contributed by atoms with van der Waals surface area (Å²) >= 11 is 0. The van der Waals surface area contributed by atoms with Gasteiger partial charge in [-0.15, -0.1) is 0 Å². The van der Waals surface area contributed by atoms with Crippen molar-refractivity contribution < 1.29 is 14.3 Å². The van der Waals surface area contributed by atoms with Gasteiger partial charge in [-0.3, -0.25) is 4.79 Å². The van der Waals surface area contributed by atoms with Crippen LogP contribution in [0.2, 0.25) is 0 Å². The Kier molecular flexibility index (Phi) is 3.55. The van der Waals surface area contributed by atoms with Gasteiger partial charge in [0.25, 0.3) is 0 Å². The zero-order valence-electron chi connectivity index (χ0n) is 10.9. The van der Waals surface area contributed by atoms with Crippen molar-refractivity contribution in [1.29, 1.82) is 0 Å². The minimum Gasteiger partial charge on any atom is -0.497 e. The summed E-state index contributed by atoms with van der Waals surface area (Å²) in [5.74, 6) is 0.642. The van der Waals surface area contributed by atoms with E-state index < -0.39 is 0 Å². The van der Waals surface area contributed by atoms with Crippen LogP contribution in [0.4, 0.5) is 0 Å². The number of esters is 1. The van der Waals surface area contributed by atoms with E-state index in [0.29, 0.717) is 12.8 Å². The number of benzene rings is 1. The molecule has 1 heterocycles. The number of hydrogen-bond acceptors (Lipinski definition) is 3. The fourth-order valence-electron chi connectivity index (χ4n) is 2.12. The molecule has 0 radical (unpaired) electrons. The van der Waals surface area contributed by atoms with E-state index in [4.69, 9.17) is 4.74 Å². The molecule has 1 aromatic carbocycles. The van der Waals surface area contributed by atoms with Crippen LogP contribution < -0.4 is 4.74 Å². The molecule has 0 aliphatic carbocycles. The highest BCUT2D eigenvalue weighted by molar-refractivity contribution is 5.85. The standard InChI is InChI=1S/C14H17NO3/c1-15-9-10(4-7-14(16)18-3)12-8-11(17-2)5-6-13(12)15/h5-6,8-9H,4,7H2,1-3H3. The highest BCUT2D eigenvalue weighted by atomic mass is 16.5. The van der Waals surface area contributed by atoms with Gasteiger partial charge in [0, 0.05) is 30.6 Å². The fourth-order valence-corrected chi connectivity index (χ4v) is 2.12. The van der Waals surface area contributed by atoms with Gasteiger partial charge in [0.05, 0.1) is 14.2 Å². The molecular weight excluding hydrogens is 230 g/mol. The molecule has 0 unspecified atom stereocenters. The van der Waals surface area contributed by atoms with E-state index in [1.807, 2.05) is 31.4 Å². The van der Waals surface area contributed by atoms with E-state index in [1.54, 1.807) is 7.11 Å². The Hall–Kier alpha value is -1.97. The van der Waals surface area contributed by atoms with Crippen molar-refractivity contribution in [1.82, 2.24) is 4.57 Å². The molecular formula is C14H17NO3. The molecule has 0 spiro atoms. The minimum atomic E-state index is -0.185. The number of methoxy groups -OCH3 is 2. The lowest BCUT2D eigenvalue weighted by Crippen LogP contribution is -2.01. The number of fused-ring (bicyclic) bond motifs is 1. The van der Waals surface area contributed by atoms with Crippen LogP contribution in [0.1, 0.15) is 12.0 Å². The lowest BCUT2D eigenvalue weighted by Gasteiger charge is -2.02. The first-order valence-electron chi connectivity index (χ1n) is 5.84. The Bertz CT molecular complexity index is 572. The van der Waals surface area contributed by atoms with E-state index in [9.17, 15) is 4.79 Å². The molecule has 2 rings (SSSR count). The molecule has 0 saturated carbocycles. The van der Waals surface area contributed by atoms with Crippen LogP contribution in [0, 0.1) is 0 Å². The predicted molar refractivity (Wildman–Crippen MR) is 69.8 cm³/mol. The van der Waals surface area contributed by atoms with E-state index in [1.165, 1.54) is 7.11 Å². The van der Waals surface area contributed by atoms with Crippen molar-refractivity contribution >= 4 is 16.9 Å². The molecule has 0 fully saturated rings. The first kappa shape index (κ1) is 12.5. The third-order valence-corrected chi connectivity index (χ3v) is 3.11. The molecule has 96 valence electrons. The lowest BCUT2D eigenvalue weighted by atomic mass is 10.1. The van der Waals surface area contributed by atoms with Crippen LogP contribution in [-0.4, -0.2) is 24.8 Å². The number of carbonyl (C=O) groups is 1. The SMILES string of the molecule is COC(=O)CCc1cn(C)c2ccc(OC)cc12. The van der Waals surface area contributed by atoms with E-state index in [-0.39, 0.29) is 5.97 Å². The molecule has 0 amide bonds. The van der Waals surface area contributed by atoms with Gasteiger partial charge in [-0.1, -0.05) is 0 Å². The number of nitrogens with zero attached hydrogens (tertiary/aromatic N) is 1. The number of carbonyl (C=O) groups excluding carboxylic acids is 1. The van der Waals surface area contributed by atoms with Crippen LogP contribution in [0.3, 0.4) is 0 Å². The number of hydrogen-bond donors (Lipinski definition) is 0. The molecule has 0 saturated heterocycles. The van der Waals surface area contributed by atoms with Crippen molar-refractivity contribution in [3.8, 4) is 5.75 Å². The van der Waals surface area contributed by atoms with Crippen molar-refractivity contribution in [3.05, 3.63) is 30.0 Å². The van der Waals surface area contributed by atoms with Crippen LogP contribution in [0.15, 0.2) is 24.4 Å². The van der Waals surface area contributed by atoms with Gasteiger partial charge >= 0.3 is 5.97 Å². The van der Waals surface area contributed by atoms with Crippen LogP contribution in [0.25, 0.3) is 10.9 Å². The first-order chi connectivity index (χ1) is 8.65. The molecule has 18 heavy (non-hydrogen) atoms. The Labute approximate surface area is 106 Å². The van der Waals surface area contributed by atoms with Crippen molar-refractivity contribution in [2.75, 3.05) is 14.2 Å². The van der Waals surface area contributed by atoms with E-state index >= 15 is 0 Å². The summed E-state index contributed by atoms with van der Waals surface area (Å²) in [6.45, 7) is 0. The van der Waals surface area contributed by atoms with Crippen molar-refractivity contribution in [2.45, 2.75) is 12.8 Å². The molecule has 0 aliphatic rings. The zero-order valence-corrected chi connectivity index (χ0v) is 10.9. The third kappa shape index (κ3) is 2.32. The smallest absolute Gasteiger partial charge is 0.305 e. The van der Waals surface area contributed by atoms with E-state index in [0.717, 1.165) is 22.2 Å². The lowest BCUT2D eigenvalue weighted by molar-refractivity contribution is -0.140. The van der Waals surface area contributed by atoms with E-state index in [2.05, 4.69) is 9.30 Å². The second-order valence-electron chi connectivity index (χ2n) is 4.22. The highest BCUT2D eigenvalue weighted by Gasteiger charge is 2.09. The van der Waals surface area contributed by atoms with Crippen molar-refractivity contribution in [2.24, 2.45) is 7.05 Å². The molecule has 2 aromatic rings. The number of aromatic nitrogens is 1. The van der Waals surface area contributed by atoms with Gasteiger partial charge in [0.15, 0.2) is 0 Å². The summed E-state index contributed by atoms with van der Waals surface area (Å²) in [7, 11) is 5.06. The average molecular weight is 247 g/mol. The summed E-state index contributed by atoms with van der Waals surface area (Å²) in [6, 6.07) is 5.96. The van der Waals surface area contributed by atoms with Gasteiger partial charge < -0.3 is 14.0 Å². The Morgan fingerprint density at radius 1 is 1.33 bits per heavy atom. The van der Waals surface area contributed by atoms with Crippen LogP contribution >= 0.6 is 0 Å². The van der Waals surface area contributed by atoms with Crippen LogP contribution in [-0.2, 0) is 23.0 Å². The summed E-state index contributed by atoms with van der Waals surface area (Å²) in [4.78, 5) is 11.2. The summed E-state index contributed by atoms with van der Waals surface area (Å²) in [5, 5.41) is 1.13. The molecule has 4 nitrogen and oxygen atoms in total. The molecule has 0 bridgehead atoms. The van der Waals surface area contributed by atoms with Gasteiger partial charge in [-0.2, -0.15) is 0 Å². The zero-order chi connectivity index (χ0) is 13.1. The van der Waals surface area contributed by atoms with Gasteiger partial charge in [-0.05, 0) is 30.2 Å². The number of aryl methyl sites for hydroxylation is 2. The topological polar surface area (TPSA) is 40.5 Å². The Morgan fingerprint density at radius 3 is 2.78 bits per heavy atom. The fraction of sp³-hybridized carbons (Fsp3) is 0.357. The molecule has 0 atom stereocenters. The third-order valence-electron chi connectivity index (χ3n) is 3.11. The van der Waals surface area contributed by atoms with Gasteiger partial charge in [-0.25, -0.2) is 0 Å². The maximum atomic E-state index is 11.2. The predicted octanol–water partition coefficient (Wildman–Crippen LogP) is 2.29. The van der Waals surface area contributed by atoms with Crippen molar-refractivity contribution in [3.63, 3.8) is 0 Å². The maximum Gasteiger partial charge on any atom is 0.305 e. The quantitative estimate of drug-likeness (QED) is 0.778. The van der Waals surface area contributed by atoms with Gasteiger partial charge in [0.2, 0.25) is 0 Å². The molecule has 1 aromatic heterocycles. The molecule has 4 heteroatoms. The minimum absolute atomic E-state index is 0.185. The average Bonchev–Trinajstić information content (AvgIpc) is 2.72. The highest BCUT2D eigenvalue weighted by Crippen LogP contribution is 2.26. The Balaban J connectivity index is 2.34. The molecule has 0 N–H and O–H groups in total. The second-order valence-corrected chi connectivity index (χ2v) is 4.22. The van der Waals surface area contributed by atoms with Crippen LogP contribution in [0.5, 0.6) is 5.75 Å². The summed E-state index contributed by atoms with van der Waals surface area (Å²) in [5.41, 5.74) is 2.27. The Morgan fingerprint density at radius 2 is 2.11 bits per heavy atom.